The van der Waals surface area contributed by atoms with Gasteiger partial charge in [-0.2, -0.15) is 0 Å². The van der Waals surface area contributed by atoms with Gasteiger partial charge in [-0.3, -0.25) is 14.9 Å². The number of nitro benzene ring substituents is 1. The van der Waals surface area contributed by atoms with E-state index < -0.39 is 22.9 Å². The van der Waals surface area contributed by atoms with Crippen LogP contribution in [0.2, 0.25) is 5.02 Å². The number of hydrogen-bond donors (Lipinski definition) is 1. The fraction of sp³-hybridized carbons (Fsp3) is 0.222. The first-order valence-electron chi connectivity index (χ1n) is 7.72. The molecule has 0 bridgehead atoms. The number of nitro groups is 1. The summed E-state index contributed by atoms with van der Waals surface area (Å²) in [4.78, 5) is 34.7. The van der Waals surface area contributed by atoms with Crippen LogP contribution < -0.4 is 5.32 Å². The summed E-state index contributed by atoms with van der Waals surface area (Å²) in [5.41, 5.74) is 2.06. The Bertz CT molecular complexity index is 882. The Morgan fingerprint density at radius 2 is 1.92 bits per heavy atom. The van der Waals surface area contributed by atoms with Crippen LogP contribution in [-0.4, -0.2) is 22.9 Å². The maximum atomic E-state index is 12.3. The Kier molecular flexibility index (Phi) is 5.94. The van der Waals surface area contributed by atoms with Crippen LogP contribution in [-0.2, 0) is 9.53 Å². The van der Waals surface area contributed by atoms with E-state index in [4.69, 9.17) is 16.3 Å². The molecule has 2 rings (SSSR count). The van der Waals surface area contributed by atoms with Crippen molar-refractivity contribution in [1.29, 1.82) is 0 Å². The number of carbonyl (C=O) groups excluding carboxylic acids is 2. The van der Waals surface area contributed by atoms with Gasteiger partial charge in [-0.1, -0.05) is 23.7 Å². The lowest BCUT2D eigenvalue weighted by Gasteiger charge is -2.15. The fourth-order valence-electron chi connectivity index (χ4n) is 2.18. The Morgan fingerprint density at radius 3 is 2.58 bits per heavy atom. The van der Waals surface area contributed by atoms with Crippen molar-refractivity contribution in [2.24, 2.45) is 0 Å². The van der Waals surface area contributed by atoms with E-state index in [1.165, 1.54) is 19.1 Å². The maximum Gasteiger partial charge on any atom is 0.340 e. The van der Waals surface area contributed by atoms with Crippen molar-refractivity contribution in [2.45, 2.75) is 26.9 Å². The lowest BCUT2D eigenvalue weighted by molar-refractivity contribution is -0.384. The van der Waals surface area contributed by atoms with Gasteiger partial charge in [-0.05, 0) is 44.0 Å². The number of non-ortho nitro benzene ring substituents is 1. The van der Waals surface area contributed by atoms with Crippen LogP contribution in [0.25, 0.3) is 0 Å². The lowest BCUT2D eigenvalue weighted by atomic mass is 10.1. The van der Waals surface area contributed by atoms with Gasteiger partial charge >= 0.3 is 5.97 Å². The number of ether oxygens (including phenoxy) is 1. The molecule has 0 aromatic heterocycles. The molecule has 0 aliphatic rings. The fourth-order valence-corrected chi connectivity index (χ4v) is 2.38. The molecule has 1 atom stereocenters. The van der Waals surface area contributed by atoms with Gasteiger partial charge in [0.1, 0.15) is 0 Å². The standard InChI is InChI=1S/C18H17ClN2O5/c1-10-5-4-6-16(11(10)2)20-17(22)12(3)26-18(23)14-9-13(21(24)25)7-8-15(14)19/h4-9,12H,1-3H3,(H,20,22)/t12-/m0/s1. The summed E-state index contributed by atoms with van der Waals surface area (Å²) in [5.74, 6) is -1.43. The van der Waals surface area contributed by atoms with Gasteiger partial charge in [-0.25, -0.2) is 4.79 Å². The van der Waals surface area contributed by atoms with Gasteiger partial charge in [-0.15, -0.1) is 0 Å². The minimum absolute atomic E-state index is 0.00253. The van der Waals surface area contributed by atoms with Crippen molar-refractivity contribution in [2.75, 3.05) is 5.32 Å². The van der Waals surface area contributed by atoms with E-state index >= 15 is 0 Å². The molecule has 0 radical (unpaired) electrons. The van der Waals surface area contributed by atoms with Crippen LogP contribution in [0, 0.1) is 24.0 Å². The maximum absolute atomic E-state index is 12.3. The highest BCUT2D eigenvalue weighted by Crippen LogP contribution is 2.23. The molecular formula is C18H17ClN2O5. The highest BCUT2D eigenvalue weighted by molar-refractivity contribution is 6.33. The van der Waals surface area contributed by atoms with Gasteiger partial charge in [0.25, 0.3) is 11.6 Å². The summed E-state index contributed by atoms with van der Waals surface area (Å²) in [6, 6.07) is 8.88. The number of nitrogens with one attached hydrogen (secondary N) is 1. The summed E-state index contributed by atoms with van der Waals surface area (Å²) in [5, 5.41) is 13.5. The third-order valence-electron chi connectivity index (χ3n) is 3.90. The lowest BCUT2D eigenvalue weighted by Crippen LogP contribution is -2.30. The quantitative estimate of drug-likeness (QED) is 0.482. The predicted octanol–water partition coefficient (Wildman–Crippen LogP) is 4.05. The number of halogens is 1. The molecule has 1 amide bonds. The third-order valence-corrected chi connectivity index (χ3v) is 4.23. The van der Waals surface area contributed by atoms with E-state index in [1.807, 2.05) is 19.9 Å². The van der Waals surface area contributed by atoms with Crippen LogP contribution in [0.1, 0.15) is 28.4 Å². The molecule has 0 heterocycles. The number of aryl methyl sites for hydroxylation is 1. The van der Waals surface area contributed by atoms with Crippen molar-refractivity contribution < 1.29 is 19.2 Å². The molecule has 8 heteroatoms. The summed E-state index contributed by atoms with van der Waals surface area (Å²) >= 11 is 5.90. The molecule has 0 aliphatic carbocycles. The van der Waals surface area contributed by atoms with E-state index in [2.05, 4.69) is 5.32 Å². The molecule has 26 heavy (non-hydrogen) atoms. The molecule has 0 spiro atoms. The molecule has 0 fully saturated rings. The average Bonchev–Trinajstić information content (AvgIpc) is 2.58. The number of rotatable bonds is 5. The van der Waals surface area contributed by atoms with Crippen molar-refractivity contribution in [3.05, 3.63) is 68.2 Å². The van der Waals surface area contributed by atoms with Crippen molar-refractivity contribution in [1.82, 2.24) is 0 Å². The molecule has 1 N–H and O–H groups in total. The molecular weight excluding hydrogens is 360 g/mol. The second-order valence-corrected chi connectivity index (χ2v) is 6.11. The zero-order chi connectivity index (χ0) is 19.4. The number of amides is 1. The molecule has 2 aromatic carbocycles. The Hall–Kier alpha value is -2.93. The van der Waals surface area contributed by atoms with Crippen molar-refractivity contribution in [3.8, 4) is 0 Å². The number of hydrogen-bond acceptors (Lipinski definition) is 5. The van der Waals surface area contributed by atoms with Gasteiger partial charge in [0.15, 0.2) is 6.10 Å². The number of nitrogens with zero attached hydrogens (tertiary/aromatic N) is 1. The number of anilines is 1. The zero-order valence-electron chi connectivity index (χ0n) is 14.4. The first-order valence-corrected chi connectivity index (χ1v) is 8.10. The highest BCUT2D eigenvalue weighted by Gasteiger charge is 2.23. The van der Waals surface area contributed by atoms with Crippen LogP contribution in [0.5, 0.6) is 0 Å². The SMILES string of the molecule is Cc1cccc(NC(=O)[C@H](C)OC(=O)c2cc([N+](=O)[O-])ccc2Cl)c1C. The van der Waals surface area contributed by atoms with E-state index in [9.17, 15) is 19.7 Å². The molecule has 136 valence electrons. The van der Waals surface area contributed by atoms with Gasteiger partial charge in [0.2, 0.25) is 0 Å². The molecule has 7 nitrogen and oxygen atoms in total. The monoisotopic (exact) mass is 376 g/mol. The Balaban J connectivity index is 2.11. The van der Waals surface area contributed by atoms with Crippen LogP contribution in [0.3, 0.4) is 0 Å². The van der Waals surface area contributed by atoms with Gasteiger partial charge in [0, 0.05) is 17.8 Å². The summed E-state index contributed by atoms with van der Waals surface area (Å²) in [6.07, 6.45) is -1.11. The summed E-state index contributed by atoms with van der Waals surface area (Å²) in [7, 11) is 0. The largest absolute Gasteiger partial charge is 0.449 e. The predicted molar refractivity (Wildman–Crippen MR) is 97.5 cm³/mol. The normalized spacial score (nSPS) is 11.5. The van der Waals surface area contributed by atoms with Gasteiger partial charge < -0.3 is 10.1 Å². The molecule has 2 aromatic rings. The van der Waals surface area contributed by atoms with Crippen molar-refractivity contribution in [3.63, 3.8) is 0 Å². The first kappa shape index (κ1) is 19.4. The van der Waals surface area contributed by atoms with Crippen LogP contribution >= 0.6 is 11.6 Å². The van der Waals surface area contributed by atoms with E-state index in [0.717, 1.165) is 17.2 Å². The first-order chi connectivity index (χ1) is 12.2. The van der Waals surface area contributed by atoms with E-state index in [1.54, 1.807) is 12.1 Å². The smallest absolute Gasteiger partial charge is 0.340 e. The Labute approximate surface area is 155 Å². The van der Waals surface area contributed by atoms with E-state index in [-0.39, 0.29) is 16.3 Å². The topological polar surface area (TPSA) is 98.5 Å². The Morgan fingerprint density at radius 1 is 1.23 bits per heavy atom. The van der Waals surface area contributed by atoms with E-state index in [0.29, 0.717) is 5.69 Å². The molecule has 0 aliphatic heterocycles. The summed E-state index contributed by atoms with van der Waals surface area (Å²) < 4.78 is 5.10. The van der Waals surface area contributed by atoms with Crippen LogP contribution in [0.15, 0.2) is 36.4 Å². The molecule has 0 saturated carbocycles. The summed E-state index contributed by atoms with van der Waals surface area (Å²) in [6.45, 7) is 5.19. The van der Waals surface area contributed by atoms with Crippen LogP contribution in [0.4, 0.5) is 11.4 Å². The highest BCUT2D eigenvalue weighted by atomic mass is 35.5. The molecule has 0 unspecified atom stereocenters. The second kappa shape index (κ2) is 7.97. The second-order valence-electron chi connectivity index (χ2n) is 5.71. The molecule has 0 saturated heterocycles. The minimum Gasteiger partial charge on any atom is -0.449 e. The average molecular weight is 377 g/mol. The van der Waals surface area contributed by atoms with Gasteiger partial charge in [0.05, 0.1) is 15.5 Å². The minimum atomic E-state index is -1.11. The zero-order valence-corrected chi connectivity index (χ0v) is 15.2. The third kappa shape index (κ3) is 4.37. The number of esters is 1. The number of carbonyl (C=O) groups is 2. The van der Waals surface area contributed by atoms with Crippen molar-refractivity contribution >= 4 is 34.9 Å². The number of benzene rings is 2.